The van der Waals surface area contributed by atoms with E-state index in [4.69, 9.17) is 16.1 Å². The normalized spacial score (nSPS) is 12.0. The molecule has 55 valence electrons. The number of hydrogen-bond donors (Lipinski definition) is 0. The van der Waals surface area contributed by atoms with E-state index in [1.165, 1.54) is 0 Å². The summed E-state index contributed by atoms with van der Waals surface area (Å²) < 4.78 is 4.89. The Kier molecular flexibility index (Phi) is 1.73. The molecule has 0 N–H and O–H groups in total. The summed E-state index contributed by atoms with van der Waals surface area (Å²) in [7, 11) is 0. The molecule has 0 fully saturated rings. The maximum absolute atomic E-state index is 5.71. The second-order valence-electron chi connectivity index (χ2n) is 3.19. The molecule has 2 nitrogen and oxygen atoms in total. The first-order chi connectivity index (χ1) is 4.52. The summed E-state index contributed by atoms with van der Waals surface area (Å²) in [4.78, 5) is 0. The average molecular weight is 159 g/mol. The minimum atomic E-state index is -0.0793. The van der Waals surface area contributed by atoms with Gasteiger partial charge in [-0.25, -0.2) is 0 Å². The zero-order chi connectivity index (χ0) is 7.78. The maximum Gasteiger partial charge on any atom is 0.161 e. The summed E-state index contributed by atoms with van der Waals surface area (Å²) >= 11 is 5.71. The van der Waals surface area contributed by atoms with Gasteiger partial charge < -0.3 is 4.52 Å². The molecule has 1 aromatic heterocycles. The highest BCUT2D eigenvalue weighted by atomic mass is 35.5. The topological polar surface area (TPSA) is 26.0 Å². The van der Waals surface area contributed by atoms with Crippen molar-refractivity contribution in [3.8, 4) is 0 Å². The van der Waals surface area contributed by atoms with Crippen LogP contribution in [0.5, 0.6) is 0 Å². The van der Waals surface area contributed by atoms with Crippen molar-refractivity contribution in [2.75, 3.05) is 0 Å². The van der Waals surface area contributed by atoms with Crippen LogP contribution in [-0.4, -0.2) is 5.16 Å². The van der Waals surface area contributed by atoms with Crippen molar-refractivity contribution in [3.63, 3.8) is 0 Å². The van der Waals surface area contributed by atoms with Gasteiger partial charge >= 0.3 is 0 Å². The number of rotatable bonds is 0. The lowest BCUT2D eigenvalue weighted by molar-refractivity contribution is 0.329. The molecular formula is C7H9ClNO. The molecule has 0 aliphatic rings. The van der Waals surface area contributed by atoms with Crippen molar-refractivity contribution in [1.82, 2.24) is 5.16 Å². The molecule has 0 aliphatic carbocycles. The number of aromatic nitrogens is 1. The molecule has 1 aromatic rings. The Morgan fingerprint density at radius 3 is 2.30 bits per heavy atom. The fourth-order valence-corrected chi connectivity index (χ4v) is 1.02. The Morgan fingerprint density at radius 1 is 1.50 bits per heavy atom. The fourth-order valence-electron chi connectivity index (χ4n) is 0.666. The van der Waals surface area contributed by atoms with E-state index in [0.29, 0.717) is 10.8 Å². The predicted octanol–water partition coefficient (Wildman–Crippen LogP) is 2.43. The van der Waals surface area contributed by atoms with E-state index in [-0.39, 0.29) is 5.41 Å². The van der Waals surface area contributed by atoms with Gasteiger partial charge in [0.15, 0.2) is 12.0 Å². The Morgan fingerprint density at radius 2 is 2.10 bits per heavy atom. The highest BCUT2D eigenvalue weighted by molar-refractivity contribution is 6.30. The summed E-state index contributed by atoms with van der Waals surface area (Å²) in [6.45, 7) is 6.02. The second-order valence-corrected chi connectivity index (χ2v) is 3.57. The molecule has 1 heterocycles. The van der Waals surface area contributed by atoms with Gasteiger partial charge in [0.1, 0.15) is 5.02 Å². The lowest BCUT2D eigenvalue weighted by Crippen LogP contribution is -2.09. The molecule has 0 aromatic carbocycles. The monoisotopic (exact) mass is 158 g/mol. The molecule has 0 spiro atoms. The first kappa shape index (κ1) is 7.61. The van der Waals surface area contributed by atoms with Crippen LogP contribution in [0.2, 0.25) is 5.02 Å². The van der Waals surface area contributed by atoms with Crippen molar-refractivity contribution in [2.24, 2.45) is 0 Å². The zero-order valence-corrected chi connectivity index (χ0v) is 6.99. The Bertz CT molecular complexity index is 224. The van der Waals surface area contributed by atoms with Crippen LogP contribution in [-0.2, 0) is 5.41 Å². The van der Waals surface area contributed by atoms with E-state index < -0.39 is 0 Å². The Hall–Kier alpha value is -0.500. The lowest BCUT2D eigenvalue weighted by Gasteiger charge is -2.13. The number of hydrogen-bond acceptors (Lipinski definition) is 2. The van der Waals surface area contributed by atoms with Crippen LogP contribution < -0.4 is 0 Å². The Labute approximate surface area is 65.2 Å². The predicted molar refractivity (Wildman–Crippen MR) is 39.0 cm³/mol. The van der Waals surface area contributed by atoms with Crippen LogP contribution in [0.25, 0.3) is 0 Å². The van der Waals surface area contributed by atoms with Gasteiger partial charge in [0, 0.05) is 5.41 Å². The molecule has 0 unspecified atom stereocenters. The zero-order valence-electron chi connectivity index (χ0n) is 6.23. The van der Waals surface area contributed by atoms with Crippen molar-refractivity contribution in [3.05, 3.63) is 17.0 Å². The molecule has 0 saturated carbocycles. The molecule has 0 saturated heterocycles. The van der Waals surface area contributed by atoms with Gasteiger partial charge in [-0.15, -0.1) is 0 Å². The van der Waals surface area contributed by atoms with Gasteiger partial charge in [0.2, 0.25) is 0 Å². The lowest BCUT2D eigenvalue weighted by atomic mass is 9.93. The third kappa shape index (κ3) is 1.32. The molecule has 0 atom stereocenters. The van der Waals surface area contributed by atoms with Gasteiger partial charge in [0.05, 0.1) is 0 Å². The highest BCUT2D eigenvalue weighted by Crippen LogP contribution is 2.27. The molecule has 0 bridgehead atoms. The maximum atomic E-state index is 5.71. The number of nitrogens with zero attached hydrogens (tertiary/aromatic N) is 1. The third-order valence-corrected chi connectivity index (χ3v) is 1.42. The fraction of sp³-hybridized carbons (Fsp3) is 0.571. The third-order valence-electron chi connectivity index (χ3n) is 1.16. The van der Waals surface area contributed by atoms with Gasteiger partial charge in [0.25, 0.3) is 0 Å². The molecule has 1 rings (SSSR count). The van der Waals surface area contributed by atoms with Crippen LogP contribution in [0.3, 0.4) is 0 Å². The van der Waals surface area contributed by atoms with Crippen LogP contribution in [0.15, 0.2) is 4.52 Å². The second kappa shape index (κ2) is 2.27. The van der Waals surface area contributed by atoms with Gasteiger partial charge in [-0.2, -0.15) is 0 Å². The van der Waals surface area contributed by atoms with Gasteiger partial charge in [-0.3, -0.25) is 0 Å². The summed E-state index contributed by atoms with van der Waals surface area (Å²) in [5, 5.41) is 3.94. The Balaban J connectivity index is 3.05. The molecule has 0 amide bonds. The van der Waals surface area contributed by atoms with Crippen molar-refractivity contribution in [1.29, 1.82) is 0 Å². The molecule has 3 heteroatoms. The van der Waals surface area contributed by atoms with Crippen molar-refractivity contribution >= 4 is 11.6 Å². The summed E-state index contributed by atoms with van der Waals surface area (Å²) in [6, 6.07) is 0. The van der Waals surface area contributed by atoms with Gasteiger partial charge in [-0.05, 0) is 0 Å². The molecule has 1 radical (unpaired) electrons. The first-order valence-corrected chi connectivity index (χ1v) is 3.43. The molecular weight excluding hydrogens is 150 g/mol. The van der Waals surface area contributed by atoms with Crippen LogP contribution in [0.4, 0.5) is 0 Å². The van der Waals surface area contributed by atoms with Crippen LogP contribution in [0.1, 0.15) is 26.5 Å². The quantitative estimate of drug-likeness (QED) is 0.580. The summed E-state index contributed by atoms with van der Waals surface area (Å²) in [6.07, 6.45) is 2.52. The SMILES string of the molecule is CC(C)(C)c1on[c]c1Cl. The first-order valence-electron chi connectivity index (χ1n) is 3.05. The van der Waals surface area contributed by atoms with Crippen molar-refractivity contribution in [2.45, 2.75) is 26.2 Å². The van der Waals surface area contributed by atoms with E-state index in [9.17, 15) is 0 Å². The van der Waals surface area contributed by atoms with Crippen LogP contribution in [0, 0.1) is 6.20 Å². The van der Waals surface area contributed by atoms with E-state index in [1.54, 1.807) is 0 Å². The van der Waals surface area contributed by atoms with E-state index >= 15 is 0 Å². The minimum Gasteiger partial charge on any atom is -0.359 e. The van der Waals surface area contributed by atoms with E-state index in [0.717, 1.165) is 0 Å². The summed E-state index contributed by atoms with van der Waals surface area (Å²) in [5.74, 6) is 0.689. The van der Waals surface area contributed by atoms with E-state index in [1.807, 2.05) is 20.8 Å². The average Bonchev–Trinajstić information content (AvgIpc) is 2.11. The number of halogens is 1. The molecule has 0 aliphatic heterocycles. The van der Waals surface area contributed by atoms with Crippen LogP contribution >= 0.6 is 11.6 Å². The standard InChI is InChI=1S/C7H9ClNO/c1-7(2,3)6-5(8)4-9-10-6/h1-3H3. The van der Waals surface area contributed by atoms with Gasteiger partial charge in [-0.1, -0.05) is 37.5 Å². The van der Waals surface area contributed by atoms with E-state index in [2.05, 4.69) is 11.4 Å². The molecule has 10 heavy (non-hydrogen) atoms. The minimum absolute atomic E-state index is 0.0793. The largest absolute Gasteiger partial charge is 0.359 e. The summed E-state index contributed by atoms with van der Waals surface area (Å²) in [5.41, 5.74) is -0.0793. The highest BCUT2D eigenvalue weighted by Gasteiger charge is 2.22. The van der Waals surface area contributed by atoms with Crippen molar-refractivity contribution < 1.29 is 4.52 Å². The smallest absolute Gasteiger partial charge is 0.161 e.